The van der Waals surface area contributed by atoms with Crippen LogP contribution >= 0.6 is 0 Å². The molecular weight excluding hydrogens is 136 g/mol. The maximum absolute atomic E-state index is 5.74. The van der Waals surface area contributed by atoms with Crippen LogP contribution in [-0.2, 0) is 4.74 Å². The van der Waals surface area contributed by atoms with Crippen LogP contribution in [-0.4, -0.2) is 6.10 Å². The monoisotopic (exact) mass is 152 g/mol. The van der Waals surface area contributed by atoms with E-state index in [4.69, 9.17) is 4.74 Å². The molecule has 0 N–H and O–H groups in total. The third-order valence-corrected chi connectivity index (χ3v) is 2.63. The molecule has 2 bridgehead atoms. The van der Waals surface area contributed by atoms with Gasteiger partial charge in [0.25, 0.3) is 0 Å². The summed E-state index contributed by atoms with van der Waals surface area (Å²) in [7, 11) is 0. The van der Waals surface area contributed by atoms with Crippen LogP contribution in [0.25, 0.3) is 0 Å². The van der Waals surface area contributed by atoms with Gasteiger partial charge in [0.05, 0.1) is 11.9 Å². The van der Waals surface area contributed by atoms with Gasteiger partial charge in [0, 0.05) is 6.42 Å². The van der Waals surface area contributed by atoms with E-state index < -0.39 is 0 Å². The molecule has 1 fully saturated rings. The Bertz CT molecular complexity index is 160. The highest BCUT2D eigenvalue weighted by Crippen LogP contribution is 2.28. The summed E-state index contributed by atoms with van der Waals surface area (Å²) >= 11 is 0. The Morgan fingerprint density at radius 2 is 2.18 bits per heavy atom. The second kappa shape index (κ2) is 3.29. The average molecular weight is 152 g/mol. The average Bonchev–Trinajstić information content (AvgIpc) is 2.49. The molecule has 0 saturated carbocycles. The van der Waals surface area contributed by atoms with Crippen molar-refractivity contribution in [3.05, 3.63) is 11.8 Å². The third-order valence-electron chi connectivity index (χ3n) is 2.63. The van der Waals surface area contributed by atoms with Gasteiger partial charge < -0.3 is 4.74 Å². The van der Waals surface area contributed by atoms with Gasteiger partial charge >= 0.3 is 0 Å². The van der Waals surface area contributed by atoms with Crippen molar-refractivity contribution in [2.24, 2.45) is 0 Å². The SMILES string of the molecule is C1=C2CCC(CCCCC1)O2. The topological polar surface area (TPSA) is 9.23 Å². The van der Waals surface area contributed by atoms with E-state index in [0.717, 1.165) is 0 Å². The normalized spacial score (nSPS) is 31.3. The lowest BCUT2D eigenvalue weighted by atomic mass is 10.1. The Morgan fingerprint density at radius 3 is 3.18 bits per heavy atom. The number of fused-ring (bicyclic) bond motifs is 2. The first-order valence-corrected chi connectivity index (χ1v) is 4.81. The van der Waals surface area contributed by atoms with Gasteiger partial charge in [-0.15, -0.1) is 0 Å². The summed E-state index contributed by atoms with van der Waals surface area (Å²) in [6.07, 6.45) is 12.0. The van der Waals surface area contributed by atoms with E-state index in [0.29, 0.717) is 6.10 Å². The lowest BCUT2D eigenvalue weighted by molar-refractivity contribution is 0.150. The quantitative estimate of drug-likeness (QED) is 0.518. The lowest BCUT2D eigenvalue weighted by Crippen LogP contribution is -2.02. The van der Waals surface area contributed by atoms with Crippen LogP contribution < -0.4 is 0 Å². The fourth-order valence-corrected chi connectivity index (χ4v) is 1.94. The van der Waals surface area contributed by atoms with Crippen molar-refractivity contribution < 1.29 is 4.74 Å². The summed E-state index contributed by atoms with van der Waals surface area (Å²) in [6.45, 7) is 0. The summed E-state index contributed by atoms with van der Waals surface area (Å²) in [6, 6.07) is 0. The second-order valence-electron chi connectivity index (χ2n) is 3.59. The smallest absolute Gasteiger partial charge is 0.0986 e. The fraction of sp³-hybridized carbons (Fsp3) is 0.800. The number of hydrogen-bond acceptors (Lipinski definition) is 1. The highest BCUT2D eigenvalue weighted by Gasteiger charge is 2.20. The van der Waals surface area contributed by atoms with Crippen LogP contribution in [0.3, 0.4) is 0 Å². The first-order chi connectivity index (χ1) is 5.45. The molecule has 2 heterocycles. The fourth-order valence-electron chi connectivity index (χ4n) is 1.94. The molecule has 0 spiro atoms. The van der Waals surface area contributed by atoms with Crippen molar-refractivity contribution in [2.45, 2.75) is 51.0 Å². The Kier molecular flexibility index (Phi) is 2.16. The van der Waals surface area contributed by atoms with Gasteiger partial charge in [-0.2, -0.15) is 0 Å². The van der Waals surface area contributed by atoms with Gasteiger partial charge in [-0.3, -0.25) is 0 Å². The predicted octanol–water partition coefficient (Wildman–Crippen LogP) is 3.01. The molecule has 0 amide bonds. The van der Waals surface area contributed by atoms with Gasteiger partial charge in [0.15, 0.2) is 0 Å². The van der Waals surface area contributed by atoms with Crippen LogP contribution in [0.4, 0.5) is 0 Å². The van der Waals surface area contributed by atoms with Crippen LogP contribution in [0.2, 0.25) is 0 Å². The minimum Gasteiger partial charge on any atom is -0.495 e. The summed E-state index contributed by atoms with van der Waals surface area (Å²) in [5.74, 6) is 1.27. The number of rotatable bonds is 0. The summed E-state index contributed by atoms with van der Waals surface area (Å²) in [4.78, 5) is 0. The number of allylic oxidation sites excluding steroid dienone is 2. The molecule has 1 heteroatoms. The van der Waals surface area contributed by atoms with Crippen LogP contribution in [0, 0.1) is 0 Å². The second-order valence-corrected chi connectivity index (χ2v) is 3.59. The lowest BCUT2D eigenvalue weighted by Gasteiger charge is -2.08. The molecule has 1 nitrogen and oxygen atoms in total. The summed E-state index contributed by atoms with van der Waals surface area (Å²) < 4.78 is 5.74. The van der Waals surface area contributed by atoms with Crippen LogP contribution in [0.15, 0.2) is 11.8 Å². The van der Waals surface area contributed by atoms with E-state index in [1.54, 1.807) is 0 Å². The molecule has 2 rings (SSSR count). The number of ether oxygens (including phenoxy) is 1. The molecule has 0 aromatic heterocycles. The van der Waals surface area contributed by atoms with Crippen molar-refractivity contribution in [3.8, 4) is 0 Å². The highest BCUT2D eigenvalue weighted by atomic mass is 16.5. The summed E-state index contributed by atoms with van der Waals surface area (Å²) in [5, 5.41) is 0. The van der Waals surface area contributed by atoms with Gasteiger partial charge in [0.2, 0.25) is 0 Å². The largest absolute Gasteiger partial charge is 0.495 e. The Balaban J connectivity index is 2.00. The zero-order valence-electron chi connectivity index (χ0n) is 7.01. The Morgan fingerprint density at radius 1 is 1.18 bits per heavy atom. The molecule has 2 aliphatic heterocycles. The maximum atomic E-state index is 5.74. The summed E-state index contributed by atoms with van der Waals surface area (Å²) in [5.41, 5.74) is 0. The molecule has 11 heavy (non-hydrogen) atoms. The molecule has 1 unspecified atom stereocenters. The van der Waals surface area contributed by atoms with Crippen LogP contribution in [0.1, 0.15) is 44.9 Å². The van der Waals surface area contributed by atoms with E-state index in [9.17, 15) is 0 Å². The van der Waals surface area contributed by atoms with E-state index in [-0.39, 0.29) is 0 Å². The Labute approximate surface area is 68.4 Å². The third kappa shape index (κ3) is 1.76. The predicted molar refractivity (Wildman–Crippen MR) is 45.3 cm³/mol. The molecule has 1 atom stereocenters. The van der Waals surface area contributed by atoms with Gasteiger partial charge in [-0.05, 0) is 38.2 Å². The molecule has 62 valence electrons. The number of hydrogen-bond donors (Lipinski definition) is 0. The maximum Gasteiger partial charge on any atom is 0.0986 e. The zero-order chi connectivity index (χ0) is 7.52. The van der Waals surface area contributed by atoms with E-state index in [1.165, 1.54) is 50.7 Å². The van der Waals surface area contributed by atoms with Crippen molar-refractivity contribution in [1.29, 1.82) is 0 Å². The van der Waals surface area contributed by atoms with Gasteiger partial charge in [0.1, 0.15) is 0 Å². The highest BCUT2D eigenvalue weighted by molar-refractivity contribution is 4.99. The van der Waals surface area contributed by atoms with Crippen molar-refractivity contribution in [2.75, 3.05) is 0 Å². The van der Waals surface area contributed by atoms with E-state index in [1.807, 2.05) is 0 Å². The Hall–Kier alpha value is -0.460. The van der Waals surface area contributed by atoms with E-state index >= 15 is 0 Å². The zero-order valence-corrected chi connectivity index (χ0v) is 7.01. The molecule has 0 aromatic rings. The van der Waals surface area contributed by atoms with E-state index in [2.05, 4.69) is 6.08 Å². The molecule has 0 aromatic carbocycles. The van der Waals surface area contributed by atoms with Crippen molar-refractivity contribution in [1.82, 2.24) is 0 Å². The van der Waals surface area contributed by atoms with Gasteiger partial charge in [-0.25, -0.2) is 0 Å². The molecular formula is C10H16O. The van der Waals surface area contributed by atoms with Gasteiger partial charge in [-0.1, -0.05) is 6.42 Å². The molecule has 1 saturated heterocycles. The minimum absolute atomic E-state index is 0.569. The first kappa shape index (κ1) is 7.20. The molecule has 0 aliphatic carbocycles. The van der Waals surface area contributed by atoms with Crippen LogP contribution in [0.5, 0.6) is 0 Å². The first-order valence-electron chi connectivity index (χ1n) is 4.81. The minimum atomic E-state index is 0.569. The molecule has 0 radical (unpaired) electrons. The van der Waals surface area contributed by atoms with Crippen molar-refractivity contribution in [3.63, 3.8) is 0 Å². The van der Waals surface area contributed by atoms with Crippen molar-refractivity contribution >= 4 is 0 Å². The standard InChI is InChI=1S/C10H16O/c1-2-4-6-10-8-7-9(11-10)5-3-1/h5,10H,1-4,6-8H2. The molecule has 2 aliphatic rings.